The fourth-order valence-electron chi connectivity index (χ4n) is 3.61. The maximum Gasteiger partial charge on any atom is 0.264 e. The van der Waals surface area contributed by atoms with Gasteiger partial charge in [0.1, 0.15) is 12.3 Å². The van der Waals surface area contributed by atoms with E-state index >= 15 is 0 Å². The molecule has 180 valence electrons. The number of carbonyl (C=O) groups excluding carboxylic acids is 1. The average Bonchev–Trinajstić information content (AvgIpc) is 2.82. The molecule has 0 aliphatic heterocycles. The number of amides is 1. The Bertz CT molecular complexity index is 1270. The molecule has 0 heterocycles. The summed E-state index contributed by atoms with van der Waals surface area (Å²) in [6, 6.07) is 17.7. The normalized spacial score (nSPS) is 12.1. The lowest BCUT2D eigenvalue weighted by Gasteiger charge is -2.26. The van der Waals surface area contributed by atoms with E-state index in [2.05, 4.69) is 5.32 Å². The number of aryl methyl sites for hydroxylation is 1. The zero-order valence-electron chi connectivity index (χ0n) is 19.1. The van der Waals surface area contributed by atoms with Crippen molar-refractivity contribution < 1.29 is 17.9 Å². The second-order valence-corrected chi connectivity index (χ2v) is 10.4. The number of nitrogens with one attached hydrogen (secondary N) is 1. The molecule has 1 amide bonds. The Morgan fingerprint density at radius 1 is 1.06 bits per heavy atom. The van der Waals surface area contributed by atoms with Crippen LogP contribution in [0.15, 0.2) is 71.6 Å². The summed E-state index contributed by atoms with van der Waals surface area (Å²) in [5.74, 6) is 0.285. The molecule has 9 heteroatoms. The zero-order chi connectivity index (χ0) is 24.9. The standard InChI is InChI=1S/C25H26Cl2N2O4S/c1-4-22(18-10-13-24(33-3)17(2)14-18)28-25(30)16-29(23-12-11-19(26)15-21(23)27)34(31,32)20-8-6-5-7-9-20/h5-15,22H,4,16H2,1-3H3,(H,28,30). The number of nitrogens with zero attached hydrogens (tertiary/aromatic N) is 1. The van der Waals surface area contributed by atoms with Crippen molar-refractivity contribution in [3.63, 3.8) is 0 Å². The van der Waals surface area contributed by atoms with Crippen LogP contribution in [-0.4, -0.2) is 28.0 Å². The maximum absolute atomic E-state index is 13.5. The number of rotatable bonds is 9. The number of sulfonamides is 1. The van der Waals surface area contributed by atoms with Gasteiger partial charge in [0.2, 0.25) is 5.91 Å². The van der Waals surface area contributed by atoms with Crippen molar-refractivity contribution in [2.24, 2.45) is 0 Å². The van der Waals surface area contributed by atoms with Crippen LogP contribution in [0.2, 0.25) is 10.0 Å². The first-order valence-corrected chi connectivity index (χ1v) is 12.8. The number of carbonyl (C=O) groups is 1. The third-order valence-electron chi connectivity index (χ3n) is 5.36. The monoisotopic (exact) mass is 520 g/mol. The maximum atomic E-state index is 13.5. The highest BCUT2D eigenvalue weighted by atomic mass is 35.5. The van der Waals surface area contributed by atoms with Crippen LogP contribution in [0.25, 0.3) is 0 Å². The highest BCUT2D eigenvalue weighted by molar-refractivity contribution is 7.92. The summed E-state index contributed by atoms with van der Waals surface area (Å²) >= 11 is 12.3. The van der Waals surface area contributed by atoms with Crippen LogP contribution in [-0.2, 0) is 14.8 Å². The van der Waals surface area contributed by atoms with Gasteiger partial charge in [0.15, 0.2) is 0 Å². The largest absolute Gasteiger partial charge is 0.496 e. The molecule has 1 unspecified atom stereocenters. The van der Waals surface area contributed by atoms with E-state index in [1.165, 1.54) is 30.3 Å². The molecule has 0 aromatic heterocycles. The molecule has 1 N–H and O–H groups in total. The van der Waals surface area contributed by atoms with Crippen LogP contribution >= 0.6 is 23.2 Å². The average molecular weight is 521 g/mol. The van der Waals surface area contributed by atoms with E-state index in [1.807, 2.05) is 32.0 Å². The van der Waals surface area contributed by atoms with Crippen molar-refractivity contribution in [1.29, 1.82) is 0 Å². The molecule has 0 saturated carbocycles. The Hall–Kier alpha value is -2.74. The molecule has 0 fully saturated rings. The van der Waals surface area contributed by atoms with Gasteiger partial charge in [-0.25, -0.2) is 8.42 Å². The number of hydrogen-bond acceptors (Lipinski definition) is 4. The first-order valence-electron chi connectivity index (χ1n) is 10.6. The minimum Gasteiger partial charge on any atom is -0.496 e. The Labute approximate surface area is 210 Å². The van der Waals surface area contributed by atoms with Gasteiger partial charge in [0.05, 0.1) is 28.8 Å². The smallest absolute Gasteiger partial charge is 0.264 e. The Balaban J connectivity index is 1.93. The quantitative estimate of drug-likeness (QED) is 0.388. The van der Waals surface area contributed by atoms with Crippen molar-refractivity contribution in [2.75, 3.05) is 18.0 Å². The molecule has 3 aromatic rings. The fourth-order valence-corrected chi connectivity index (χ4v) is 5.63. The predicted molar refractivity (Wildman–Crippen MR) is 136 cm³/mol. The van der Waals surface area contributed by atoms with E-state index in [1.54, 1.807) is 25.3 Å². The highest BCUT2D eigenvalue weighted by Crippen LogP contribution is 2.33. The molecule has 0 spiro atoms. The summed E-state index contributed by atoms with van der Waals surface area (Å²) in [5, 5.41) is 3.43. The summed E-state index contributed by atoms with van der Waals surface area (Å²) in [7, 11) is -2.48. The molecule has 0 aliphatic carbocycles. The summed E-state index contributed by atoms with van der Waals surface area (Å²) in [5.41, 5.74) is 2.00. The first-order chi connectivity index (χ1) is 16.2. The third kappa shape index (κ3) is 5.84. The fraction of sp³-hybridized carbons (Fsp3) is 0.240. The van der Waals surface area contributed by atoms with E-state index in [9.17, 15) is 13.2 Å². The lowest BCUT2D eigenvalue weighted by Crippen LogP contribution is -2.42. The number of methoxy groups -OCH3 is 1. The number of benzene rings is 3. The van der Waals surface area contributed by atoms with Crippen molar-refractivity contribution in [3.8, 4) is 5.75 Å². The number of hydrogen-bond donors (Lipinski definition) is 1. The van der Waals surface area contributed by atoms with Crippen LogP contribution in [0.5, 0.6) is 5.75 Å². The molecule has 0 radical (unpaired) electrons. The molecule has 3 aromatic carbocycles. The molecular weight excluding hydrogens is 495 g/mol. The molecule has 0 aliphatic rings. The van der Waals surface area contributed by atoms with Gasteiger partial charge in [-0.1, -0.05) is 60.5 Å². The predicted octanol–water partition coefficient (Wildman–Crippen LogP) is 5.77. The minimum absolute atomic E-state index is 0.0478. The number of anilines is 1. The summed E-state index contributed by atoms with van der Waals surface area (Å²) < 4.78 is 33.3. The molecule has 6 nitrogen and oxygen atoms in total. The van der Waals surface area contributed by atoms with Gasteiger partial charge in [-0.15, -0.1) is 0 Å². The second kappa shape index (κ2) is 11.1. The van der Waals surface area contributed by atoms with Crippen LogP contribution < -0.4 is 14.4 Å². The van der Waals surface area contributed by atoms with Gasteiger partial charge in [-0.3, -0.25) is 9.10 Å². The SMILES string of the molecule is CCC(NC(=O)CN(c1ccc(Cl)cc1Cl)S(=O)(=O)c1ccccc1)c1ccc(OC)c(C)c1. The summed E-state index contributed by atoms with van der Waals surface area (Å²) in [4.78, 5) is 13.2. The highest BCUT2D eigenvalue weighted by Gasteiger charge is 2.29. The lowest BCUT2D eigenvalue weighted by molar-refractivity contribution is -0.120. The molecule has 34 heavy (non-hydrogen) atoms. The van der Waals surface area contributed by atoms with E-state index in [0.717, 1.165) is 21.2 Å². The van der Waals surface area contributed by atoms with Crippen LogP contribution in [0, 0.1) is 6.92 Å². The third-order valence-corrected chi connectivity index (χ3v) is 7.67. The van der Waals surface area contributed by atoms with Gasteiger partial charge in [0.25, 0.3) is 10.0 Å². The van der Waals surface area contributed by atoms with Crippen molar-refractivity contribution in [1.82, 2.24) is 5.32 Å². The van der Waals surface area contributed by atoms with E-state index < -0.39 is 22.5 Å². The van der Waals surface area contributed by atoms with E-state index in [-0.39, 0.29) is 21.6 Å². The minimum atomic E-state index is -4.08. The molecule has 3 rings (SSSR count). The topological polar surface area (TPSA) is 75.7 Å². The van der Waals surface area contributed by atoms with Gasteiger partial charge in [-0.05, 0) is 60.9 Å². The van der Waals surface area contributed by atoms with Gasteiger partial charge < -0.3 is 10.1 Å². The van der Waals surface area contributed by atoms with E-state index in [0.29, 0.717) is 11.4 Å². The van der Waals surface area contributed by atoms with Crippen molar-refractivity contribution in [2.45, 2.75) is 31.2 Å². The van der Waals surface area contributed by atoms with Gasteiger partial charge in [0, 0.05) is 5.02 Å². The van der Waals surface area contributed by atoms with Crippen molar-refractivity contribution in [3.05, 3.63) is 87.9 Å². The summed E-state index contributed by atoms with van der Waals surface area (Å²) in [6.45, 7) is 3.41. The van der Waals surface area contributed by atoms with Crippen molar-refractivity contribution >= 4 is 44.8 Å². The first kappa shape index (κ1) is 25.9. The lowest BCUT2D eigenvalue weighted by atomic mass is 10.0. The molecule has 0 bridgehead atoms. The number of ether oxygens (including phenoxy) is 1. The molecule has 1 atom stereocenters. The van der Waals surface area contributed by atoms with Gasteiger partial charge in [-0.2, -0.15) is 0 Å². The Morgan fingerprint density at radius 3 is 2.35 bits per heavy atom. The zero-order valence-corrected chi connectivity index (χ0v) is 21.4. The number of halogens is 2. The second-order valence-electron chi connectivity index (χ2n) is 7.68. The van der Waals surface area contributed by atoms with Crippen LogP contribution in [0.3, 0.4) is 0 Å². The molecule has 0 saturated heterocycles. The Kier molecular flexibility index (Phi) is 8.47. The van der Waals surface area contributed by atoms with E-state index in [4.69, 9.17) is 27.9 Å². The van der Waals surface area contributed by atoms with Crippen LogP contribution in [0.4, 0.5) is 5.69 Å². The summed E-state index contributed by atoms with van der Waals surface area (Å²) in [6.07, 6.45) is 0.616. The molecular formula is C25H26Cl2N2O4S. The van der Waals surface area contributed by atoms with Crippen LogP contribution in [0.1, 0.15) is 30.5 Å². The Morgan fingerprint density at radius 2 is 1.76 bits per heavy atom. The van der Waals surface area contributed by atoms with Gasteiger partial charge >= 0.3 is 0 Å².